The van der Waals surface area contributed by atoms with Crippen molar-refractivity contribution in [3.63, 3.8) is 0 Å². The van der Waals surface area contributed by atoms with Crippen molar-refractivity contribution in [2.45, 2.75) is 45.8 Å². The van der Waals surface area contributed by atoms with Crippen LogP contribution in [0.5, 0.6) is 0 Å². The van der Waals surface area contributed by atoms with E-state index in [0.717, 1.165) is 12.0 Å². The summed E-state index contributed by atoms with van der Waals surface area (Å²) >= 11 is 0. The van der Waals surface area contributed by atoms with Crippen LogP contribution in [0, 0.1) is 0 Å². The number of rotatable bonds is 6. The normalized spacial score (nSPS) is 13.4. The number of esters is 1. The average molecular weight is 263 g/mol. The quantitative estimate of drug-likeness (QED) is 0.799. The first-order valence-electron chi connectivity index (χ1n) is 6.54. The summed E-state index contributed by atoms with van der Waals surface area (Å²) < 4.78 is 5.28. The molecule has 1 aromatic rings. The molecule has 0 fully saturated rings. The summed E-state index contributed by atoms with van der Waals surface area (Å²) in [5.41, 5.74) is 0.988. The first-order chi connectivity index (χ1) is 9.02. The molecule has 0 aliphatic heterocycles. The Kier molecular flexibility index (Phi) is 6.06. The van der Waals surface area contributed by atoms with Crippen molar-refractivity contribution >= 4 is 11.9 Å². The summed E-state index contributed by atoms with van der Waals surface area (Å²) in [7, 11) is 0. The maximum Gasteiger partial charge on any atom is 0.329 e. The molecule has 0 bridgehead atoms. The first-order valence-corrected chi connectivity index (χ1v) is 6.54. The van der Waals surface area contributed by atoms with Gasteiger partial charge in [-0.2, -0.15) is 0 Å². The summed E-state index contributed by atoms with van der Waals surface area (Å²) in [6, 6.07) is 8.93. The Morgan fingerprint density at radius 2 is 1.89 bits per heavy atom. The van der Waals surface area contributed by atoms with Gasteiger partial charge in [-0.25, -0.2) is 4.79 Å². The number of ether oxygens (including phenoxy) is 1. The topological polar surface area (TPSA) is 55.4 Å². The highest BCUT2D eigenvalue weighted by Gasteiger charge is 2.22. The van der Waals surface area contributed by atoms with Gasteiger partial charge < -0.3 is 10.1 Å². The highest BCUT2D eigenvalue weighted by Crippen LogP contribution is 2.07. The van der Waals surface area contributed by atoms with E-state index in [1.807, 2.05) is 44.2 Å². The Bertz CT molecular complexity index is 417. The minimum absolute atomic E-state index is 0.139. The molecule has 0 saturated carbocycles. The molecule has 0 heterocycles. The van der Waals surface area contributed by atoms with Crippen molar-refractivity contribution in [3.8, 4) is 0 Å². The zero-order valence-corrected chi connectivity index (χ0v) is 11.7. The van der Waals surface area contributed by atoms with Crippen LogP contribution in [-0.4, -0.2) is 24.0 Å². The molecule has 0 aromatic heterocycles. The smallest absolute Gasteiger partial charge is 0.329 e. The monoisotopic (exact) mass is 263 g/mol. The lowest BCUT2D eigenvalue weighted by atomic mass is 10.1. The SMILES string of the molecule is CC[C@@H](C)OC(=O)[C@H](Cc1ccccc1)NC(C)=O. The summed E-state index contributed by atoms with van der Waals surface area (Å²) in [6.07, 6.45) is 1.05. The van der Waals surface area contributed by atoms with Crippen LogP contribution >= 0.6 is 0 Å². The third-order valence-electron chi connectivity index (χ3n) is 2.84. The van der Waals surface area contributed by atoms with Crippen molar-refractivity contribution < 1.29 is 14.3 Å². The number of benzene rings is 1. The van der Waals surface area contributed by atoms with Gasteiger partial charge in [0.2, 0.25) is 5.91 Å². The van der Waals surface area contributed by atoms with Gasteiger partial charge in [-0.15, -0.1) is 0 Å². The molecule has 0 unspecified atom stereocenters. The molecule has 1 aromatic carbocycles. The van der Waals surface area contributed by atoms with Gasteiger partial charge in [0, 0.05) is 13.3 Å². The van der Waals surface area contributed by atoms with E-state index in [4.69, 9.17) is 4.74 Å². The molecule has 0 aliphatic carbocycles. The summed E-state index contributed by atoms with van der Waals surface area (Å²) in [6.45, 7) is 5.18. The molecule has 19 heavy (non-hydrogen) atoms. The molecule has 0 aliphatic rings. The molecular weight excluding hydrogens is 242 g/mol. The van der Waals surface area contributed by atoms with Gasteiger partial charge in [-0.3, -0.25) is 4.79 Å². The molecule has 1 rings (SSSR count). The Morgan fingerprint density at radius 1 is 1.26 bits per heavy atom. The number of carbonyl (C=O) groups excluding carboxylic acids is 2. The average Bonchev–Trinajstić information content (AvgIpc) is 2.38. The van der Waals surface area contributed by atoms with Crippen molar-refractivity contribution in [1.82, 2.24) is 5.32 Å². The Labute approximate surface area is 114 Å². The van der Waals surface area contributed by atoms with Crippen LogP contribution in [0.25, 0.3) is 0 Å². The van der Waals surface area contributed by atoms with Gasteiger partial charge in [-0.05, 0) is 18.9 Å². The third-order valence-corrected chi connectivity index (χ3v) is 2.84. The Hall–Kier alpha value is -1.84. The van der Waals surface area contributed by atoms with E-state index < -0.39 is 6.04 Å². The lowest BCUT2D eigenvalue weighted by molar-refractivity contribution is -0.152. The van der Waals surface area contributed by atoms with Gasteiger partial charge in [0.1, 0.15) is 6.04 Å². The number of amides is 1. The maximum atomic E-state index is 12.0. The van der Waals surface area contributed by atoms with Gasteiger partial charge >= 0.3 is 5.97 Å². The van der Waals surface area contributed by atoms with Crippen LogP contribution < -0.4 is 5.32 Å². The highest BCUT2D eigenvalue weighted by molar-refractivity contribution is 5.83. The molecule has 4 nitrogen and oxygen atoms in total. The van der Waals surface area contributed by atoms with E-state index in [0.29, 0.717) is 6.42 Å². The first kappa shape index (κ1) is 15.2. The van der Waals surface area contributed by atoms with E-state index in [9.17, 15) is 9.59 Å². The Balaban J connectivity index is 2.71. The Morgan fingerprint density at radius 3 is 2.42 bits per heavy atom. The van der Waals surface area contributed by atoms with Crippen molar-refractivity contribution in [2.75, 3.05) is 0 Å². The van der Waals surface area contributed by atoms with E-state index in [1.165, 1.54) is 6.92 Å². The van der Waals surface area contributed by atoms with Gasteiger partial charge in [0.25, 0.3) is 0 Å². The zero-order valence-electron chi connectivity index (χ0n) is 11.7. The summed E-state index contributed by atoms with van der Waals surface area (Å²) in [5.74, 6) is -0.615. The van der Waals surface area contributed by atoms with E-state index >= 15 is 0 Å². The van der Waals surface area contributed by atoms with Crippen LogP contribution in [0.3, 0.4) is 0 Å². The molecule has 1 N–H and O–H groups in total. The second-order valence-electron chi connectivity index (χ2n) is 4.60. The second-order valence-corrected chi connectivity index (χ2v) is 4.60. The van der Waals surface area contributed by atoms with Crippen LogP contribution in [0.1, 0.15) is 32.8 Å². The van der Waals surface area contributed by atoms with E-state index in [1.54, 1.807) is 0 Å². The predicted octanol–water partition coefficient (Wildman–Crippen LogP) is 2.08. The highest BCUT2D eigenvalue weighted by atomic mass is 16.5. The number of hydrogen-bond donors (Lipinski definition) is 1. The minimum Gasteiger partial charge on any atom is -0.461 e. The molecule has 0 spiro atoms. The van der Waals surface area contributed by atoms with Gasteiger partial charge in [0.15, 0.2) is 0 Å². The minimum atomic E-state index is -0.631. The van der Waals surface area contributed by atoms with Gasteiger partial charge in [0.05, 0.1) is 6.10 Å². The standard InChI is InChI=1S/C15H21NO3/c1-4-11(2)19-15(18)14(16-12(3)17)10-13-8-6-5-7-9-13/h5-9,11,14H,4,10H2,1-3H3,(H,16,17)/t11-,14+/m1/s1. The van der Waals surface area contributed by atoms with E-state index in [-0.39, 0.29) is 18.0 Å². The van der Waals surface area contributed by atoms with Crippen molar-refractivity contribution in [2.24, 2.45) is 0 Å². The molecular formula is C15H21NO3. The number of carbonyl (C=O) groups is 2. The van der Waals surface area contributed by atoms with Gasteiger partial charge in [-0.1, -0.05) is 37.3 Å². The third kappa shape index (κ3) is 5.55. The largest absolute Gasteiger partial charge is 0.461 e. The van der Waals surface area contributed by atoms with Crippen LogP contribution in [0.2, 0.25) is 0 Å². The molecule has 4 heteroatoms. The molecule has 104 valence electrons. The lowest BCUT2D eigenvalue weighted by Gasteiger charge is -2.19. The van der Waals surface area contributed by atoms with Crippen LogP contribution in [0.15, 0.2) is 30.3 Å². The second kappa shape index (κ2) is 7.56. The lowest BCUT2D eigenvalue weighted by Crippen LogP contribution is -2.43. The fourth-order valence-corrected chi connectivity index (χ4v) is 1.65. The van der Waals surface area contributed by atoms with E-state index in [2.05, 4.69) is 5.32 Å². The molecule has 0 radical (unpaired) electrons. The van der Waals surface area contributed by atoms with Crippen LogP contribution in [-0.2, 0) is 20.7 Å². The summed E-state index contributed by atoms with van der Waals surface area (Å²) in [5, 5.41) is 2.64. The van der Waals surface area contributed by atoms with Crippen molar-refractivity contribution in [3.05, 3.63) is 35.9 Å². The molecule has 1 amide bonds. The fraction of sp³-hybridized carbons (Fsp3) is 0.467. The van der Waals surface area contributed by atoms with Crippen LogP contribution in [0.4, 0.5) is 0 Å². The maximum absolute atomic E-state index is 12.0. The number of hydrogen-bond acceptors (Lipinski definition) is 3. The number of nitrogens with one attached hydrogen (secondary N) is 1. The summed E-state index contributed by atoms with van der Waals surface area (Å²) in [4.78, 5) is 23.2. The molecule has 0 saturated heterocycles. The van der Waals surface area contributed by atoms with Crippen molar-refractivity contribution in [1.29, 1.82) is 0 Å². The molecule has 2 atom stereocenters. The zero-order chi connectivity index (χ0) is 14.3. The fourth-order valence-electron chi connectivity index (χ4n) is 1.65. The predicted molar refractivity (Wildman–Crippen MR) is 73.6 cm³/mol.